The molecular formula is C17H20N2O5S. The Kier molecular flexibility index (Phi) is 6.35. The van der Waals surface area contributed by atoms with Gasteiger partial charge in [0, 0.05) is 11.3 Å². The van der Waals surface area contributed by atoms with E-state index in [1.165, 1.54) is 11.3 Å². The Morgan fingerprint density at radius 1 is 1.24 bits per heavy atom. The quantitative estimate of drug-likeness (QED) is 0.747. The van der Waals surface area contributed by atoms with Crippen LogP contribution in [0.4, 0.5) is 5.13 Å². The molecular weight excluding hydrogens is 344 g/mol. The fourth-order valence-electron chi connectivity index (χ4n) is 2.26. The molecule has 2 aromatic rings. The molecule has 1 heterocycles. The molecule has 0 aliphatic heterocycles. The van der Waals surface area contributed by atoms with Crippen molar-refractivity contribution in [3.05, 3.63) is 34.3 Å². The molecule has 1 aromatic heterocycles. The predicted octanol–water partition coefficient (Wildman–Crippen LogP) is 2.67. The van der Waals surface area contributed by atoms with Crippen molar-refractivity contribution in [2.45, 2.75) is 26.2 Å². The van der Waals surface area contributed by atoms with Gasteiger partial charge in [-0.25, -0.2) is 4.98 Å². The zero-order valence-electron chi connectivity index (χ0n) is 14.3. The summed E-state index contributed by atoms with van der Waals surface area (Å²) in [5, 5.41) is 12.0. The van der Waals surface area contributed by atoms with Gasteiger partial charge in [0.25, 0.3) is 0 Å². The van der Waals surface area contributed by atoms with Gasteiger partial charge in [0.2, 0.25) is 5.91 Å². The third-order valence-corrected chi connectivity index (χ3v) is 4.61. The summed E-state index contributed by atoms with van der Waals surface area (Å²) in [6.45, 7) is 1.73. The number of ether oxygens (including phenoxy) is 2. The van der Waals surface area contributed by atoms with Gasteiger partial charge < -0.3 is 19.9 Å². The first-order valence-corrected chi connectivity index (χ1v) is 8.43. The molecule has 2 rings (SSSR count). The Hall–Kier alpha value is -2.61. The van der Waals surface area contributed by atoms with Crippen molar-refractivity contribution in [2.75, 3.05) is 19.5 Å². The van der Waals surface area contributed by atoms with Crippen molar-refractivity contribution in [1.29, 1.82) is 0 Å². The van der Waals surface area contributed by atoms with Crippen LogP contribution < -0.4 is 14.8 Å². The van der Waals surface area contributed by atoms with Crippen LogP contribution in [-0.2, 0) is 22.4 Å². The first-order chi connectivity index (χ1) is 11.9. The van der Waals surface area contributed by atoms with Crippen LogP contribution >= 0.6 is 11.3 Å². The van der Waals surface area contributed by atoms with E-state index < -0.39 is 5.97 Å². The molecule has 134 valence electrons. The van der Waals surface area contributed by atoms with Gasteiger partial charge in [-0.15, -0.1) is 11.3 Å². The maximum absolute atomic E-state index is 12.1. The highest BCUT2D eigenvalue weighted by Gasteiger charge is 2.13. The van der Waals surface area contributed by atoms with E-state index in [4.69, 9.17) is 14.6 Å². The number of amides is 1. The summed E-state index contributed by atoms with van der Waals surface area (Å²) in [5.41, 5.74) is 1.58. The number of carbonyl (C=O) groups is 2. The van der Waals surface area contributed by atoms with E-state index in [-0.39, 0.29) is 18.7 Å². The Bertz CT molecular complexity index is 772. The predicted molar refractivity (Wildman–Crippen MR) is 94.7 cm³/mol. The van der Waals surface area contributed by atoms with E-state index in [1.807, 2.05) is 12.1 Å². The molecule has 25 heavy (non-hydrogen) atoms. The molecule has 0 radical (unpaired) electrons. The molecule has 0 fully saturated rings. The van der Waals surface area contributed by atoms with Gasteiger partial charge in [0.05, 0.1) is 26.3 Å². The number of hydrogen-bond donors (Lipinski definition) is 2. The second kappa shape index (κ2) is 8.48. The molecule has 7 nitrogen and oxygen atoms in total. The number of thiazole rings is 1. The maximum atomic E-state index is 12.1. The van der Waals surface area contributed by atoms with Crippen LogP contribution in [-0.4, -0.2) is 36.2 Å². The van der Waals surface area contributed by atoms with Crippen molar-refractivity contribution in [3.63, 3.8) is 0 Å². The second-order valence-corrected chi connectivity index (χ2v) is 6.42. The number of carboxylic acid groups (broad SMARTS) is 1. The van der Waals surface area contributed by atoms with Gasteiger partial charge in [-0.05, 0) is 31.0 Å². The topological polar surface area (TPSA) is 97.8 Å². The molecule has 0 aliphatic carbocycles. The van der Waals surface area contributed by atoms with Gasteiger partial charge in [-0.1, -0.05) is 6.07 Å². The summed E-state index contributed by atoms with van der Waals surface area (Å²) in [7, 11) is 3.13. The van der Waals surface area contributed by atoms with E-state index in [0.29, 0.717) is 33.6 Å². The van der Waals surface area contributed by atoms with Gasteiger partial charge in [0.15, 0.2) is 16.6 Å². The van der Waals surface area contributed by atoms with E-state index >= 15 is 0 Å². The number of aliphatic carboxylic acids is 1. The van der Waals surface area contributed by atoms with Gasteiger partial charge in [-0.3, -0.25) is 9.59 Å². The summed E-state index contributed by atoms with van der Waals surface area (Å²) in [5.74, 6) is 0.165. The Morgan fingerprint density at radius 3 is 2.60 bits per heavy atom. The molecule has 2 N–H and O–H groups in total. The fourth-order valence-corrected chi connectivity index (χ4v) is 3.23. The van der Waals surface area contributed by atoms with Gasteiger partial charge in [0.1, 0.15) is 0 Å². The summed E-state index contributed by atoms with van der Waals surface area (Å²) >= 11 is 1.19. The number of nitrogens with zero attached hydrogens (tertiary/aromatic N) is 1. The fraction of sp³-hybridized carbons (Fsp3) is 0.353. The number of nitrogens with one attached hydrogen (secondary N) is 1. The highest BCUT2D eigenvalue weighted by Crippen LogP contribution is 2.28. The molecule has 0 unspecified atom stereocenters. The van der Waals surface area contributed by atoms with Crippen LogP contribution in [0.3, 0.4) is 0 Å². The van der Waals surface area contributed by atoms with Crippen molar-refractivity contribution in [1.82, 2.24) is 4.98 Å². The molecule has 8 heteroatoms. The first-order valence-electron chi connectivity index (χ1n) is 7.61. The molecule has 0 saturated heterocycles. The lowest BCUT2D eigenvalue weighted by Crippen LogP contribution is -2.12. The van der Waals surface area contributed by atoms with Crippen LogP contribution in [0.2, 0.25) is 0 Å². The molecule has 1 amide bonds. The average Bonchev–Trinajstić information content (AvgIpc) is 2.91. The molecule has 0 bridgehead atoms. The lowest BCUT2D eigenvalue weighted by Gasteiger charge is -2.09. The number of aromatic nitrogens is 1. The minimum absolute atomic E-state index is 0.0922. The van der Waals surface area contributed by atoms with E-state index in [1.54, 1.807) is 27.2 Å². The molecule has 0 aliphatic rings. The number of benzene rings is 1. The van der Waals surface area contributed by atoms with Crippen molar-refractivity contribution in [2.24, 2.45) is 0 Å². The molecule has 0 atom stereocenters. The van der Waals surface area contributed by atoms with E-state index in [2.05, 4.69) is 10.3 Å². The van der Waals surface area contributed by atoms with Crippen molar-refractivity contribution in [3.8, 4) is 11.5 Å². The molecule has 0 saturated carbocycles. The maximum Gasteiger partial charge on any atom is 0.308 e. The minimum Gasteiger partial charge on any atom is -0.493 e. The van der Waals surface area contributed by atoms with Crippen LogP contribution in [0.25, 0.3) is 0 Å². The zero-order valence-corrected chi connectivity index (χ0v) is 15.1. The number of carboxylic acids is 1. The Labute approximate surface area is 149 Å². The number of anilines is 1. The van der Waals surface area contributed by atoms with Crippen molar-refractivity contribution >= 4 is 28.3 Å². The normalized spacial score (nSPS) is 10.4. The summed E-state index contributed by atoms with van der Waals surface area (Å²) in [4.78, 5) is 27.7. The number of hydrogen-bond acceptors (Lipinski definition) is 6. The highest BCUT2D eigenvalue weighted by molar-refractivity contribution is 7.16. The Balaban J connectivity index is 1.94. The SMILES string of the molecule is COc1ccc(CCC(=O)Nc2nc(C)c(CC(=O)O)s2)cc1OC. The second-order valence-electron chi connectivity index (χ2n) is 5.34. The minimum atomic E-state index is -0.918. The highest BCUT2D eigenvalue weighted by atomic mass is 32.1. The number of carbonyl (C=O) groups excluding carboxylic acids is 1. The lowest BCUT2D eigenvalue weighted by atomic mass is 10.1. The van der Waals surface area contributed by atoms with Crippen LogP contribution in [0.1, 0.15) is 22.6 Å². The standard InChI is InChI=1S/C17H20N2O5S/c1-10-14(9-16(21)22)25-17(18-10)19-15(20)7-5-11-4-6-12(23-2)13(8-11)24-3/h4,6,8H,5,7,9H2,1-3H3,(H,21,22)(H,18,19,20). The van der Waals surface area contributed by atoms with Crippen molar-refractivity contribution < 1.29 is 24.2 Å². The van der Waals surface area contributed by atoms with Gasteiger partial charge >= 0.3 is 5.97 Å². The number of aryl methyl sites for hydroxylation is 2. The first kappa shape index (κ1) is 18.7. The monoisotopic (exact) mass is 364 g/mol. The number of methoxy groups -OCH3 is 2. The largest absolute Gasteiger partial charge is 0.493 e. The average molecular weight is 364 g/mol. The Morgan fingerprint density at radius 2 is 1.96 bits per heavy atom. The van der Waals surface area contributed by atoms with E-state index in [9.17, 15) is 9.59 Å². The lowest BCUT2D eigenvalue weighted by molar-refractivity contribution is -0.136. The van der Waals surface area contributed by atoms with Gasteiger partial charge in [-0.2, -0.15) is 0 Å². The van der Waals surface area contributed by atoms with Crippen LogP contribution in [0.5, 0.6) is 11.5 Å². The third kappa shape index (κ3) is 5.18. The van der Waals surface area contributed by atoms with Crippen LogP contribution in [0, 0.1) is 6.92 Å². The summed E-state index contributed by atoms with van der Waals surface area (Å²) in [6.07, 6.45) is 0.728. The zero-order chi connectivity index (χ0) is 18.4. The summed E-state index contributed by atoms with van der Waals surface area (Å²) in [6, 6.07) is 5.52. The smallest absolute Gasteiger partial charge is 0.308 e. The van der Waals surface area contributed by atoms with E-state index in [0.717, 1.165) is 5.56 Å². The number of rotatable bonds is 8. The summed E-state index contributed by atoms with van der Waals surface area (Å²) < 4.78 is 10.4. The van der Waals surface area contributed by atoms with Crippen LogP contribution in [0.15, 0.2) is 18.2 Å². The molecule has 0 spiro atoms. The third-order valence-electron chi connectivity index (χ3n) is 3.54. The molecule has 1 aromatic carbocycles.